The number of hydrogen-bond donors (Lipinski definition) is 1. The lowest BCUT2D eigenvalue weighted by atomic mass is 10.00. The van der Waals surface area contributed by atoms with Gasteiger partial charge in [0.05, 0.1) is 0 Å². The molecule has 98 valence electrons. The van der Waals surface area contributed by atoms with Crippen molar-refractivity contribution >= 4 is 0 Å². The number of rotatable bonds is 3. The summed E-state index contributed by atoms with van der Waals surface area (Å²) in [6.45, 7) is 0. The molecule has 3 rings (SSSR count). The fourth-order valence-electron chi connectivity index (χ4n) is 2.33. The van der Waals surface area contributed by atoms with E-state index >= 15 is 0 Å². The molecule has 0 unspecified atom stereocenters. The maximum absolute atomic E-state index is 9.80. The molecule has 3 aromatic carbocycles. The van der Waals surface area contributed by atoms with Gasteiger partial charge in [-0.15, -0.1) is 0 Å². The second-order valence-corrected chi connectivity index (χ2v) is 4.87. The van der Waals surface area contributed by atoms with Crippen LogP contribution in [0.4, 0.5) is 0 Å². The zero-order valence-corrected chi connectivity index (χ0v) is 11.2. The zero-order valence-electron chi connectivity index (χ0n) is 11.2. The van der Waals surface area contributed by atoms with Gasteiger partial charge in [-0.1, -0.05) is 72.8 Å². The summed E-state index contributed by atoms with van der Waals surface area (Å²) in [6.07, 6.45) is 0.752. The van der Waals surface area contributed by atoms with E-state index in [2.05, 4.69) is 36.4 Å². The van der Waals surface area contributed by atoms with Gasteiger partial charge in [0.1, 0.15) is 5.75 Å². The van der Waals surface area contributed by atoms with E-state index in [1.807, 2.05) is 36.4 Å². The molecule has 1 nitrogen and oxygen atoms in total. The van der Waals surface area contributed by atoms with Crippen molar-refractivity contribution in [1.82, 2.24) is 0 Å². The largest absolute Gasteiger partial charge is 0.508 e. The van der Waals surface area contributed by atoms with Crippen LogP contribution >= 0.6 is 0 Å². The smallest absolute Gasteiger partial charge is 0.119 e. The quantitative estimate of drug-likeness (QED) is 0.726. The van der Waals surface area contributed by atoms with E-state index in [1.165, 1.54) is 16.7 Å². The number of para-hydroxylation sites is 1. The van der Waals surface area contributed by atoms with Crippen molar-refractivity contribution in [2.45, 2.75) is 6.42 Å². The molecular formula is C19H16O. The third-order valence-electron chi connectivity index (χ3n) is 3.45. The highest BCUT2D eigenvalue weighted by atomic mass is 16.3. The van der Waals surface area contributed by atoms with Crippen LogP contribution in [0.15, 0.2) is 78.9 Å². The third-order valence-corrected chi connectivity index (χ3v) is 3.45. The second kappa shape index (κ2) is 5.62. The van der Waals surface area contributed by atoms with Crippen molar-refractivity contribution in [3.63, 3.8) is 0 Å². The highest BCUT2D eigenvalue weighted by Gasteiger charge is 2.02. The van der Waals surface area contributed by atoms with Crippen LogP contribution in [0.3, 0.4) is 0 Å². The van der Waals surface area contributed by atoms with E-state index in [9.17, 15) is 5.11 Å². The zero-order chi connectivity index (χ0) is 13.8. The Kier molecular flexibility index (Phi) is 3.51. The molecule has 0 aliphatic heterocycles. The van der Waals surface area contributed by atoms with E-state index in [0.29, 0.717) is 5.75 Å². The highest BCUT2D eigenvalue weighted by molar-refractivity contribution is 5.63. The summed E-state index contributed by atoms with van der Waals surface area (Å²) in [7, 11) is 0. The number of benzene rings is 3. The molecule has 20 heavy (non-hydrogen) atoms. The summed E-state index contributed by atoms with van der Waals surface area (Å²) in [4.78, 5) is 0. The number of aromatic hydroxyl groups is 1. The first-order valence-corrected chi connectivity index (χ1v) is 6.74. The second-order valence-electron chi connectivity index (χ2n) is 4.87. The van der Waals surface area contributed by atoms with Crippen molar-refractivity contribution < 1.29 is 5.11 Å². The first-order valence-electron chi connectivity index (χ1n) is 6.74. The molecule has 0 bridgehead atoms. The molecule has 0 aliphatic carbocycles. The maximum atomic E-state index is 9.80. The lowest BCUT2D eigenvalue weighted by Crippen LogP contribution is -1.88. The van der Waals surface area contributed by atoms with Gasteiger partial charge in [-0.2, -0.15) is 0 Å². The Morgan fingerprint density at radius 2 is 1.20 bits per heavy atom. The van der Waals surface area contributed by atoms with Gasteiger partial charge in [-0.3, -0.25) is 0 Å². The SMILES string of the molecule is Oc1ccccc1Cc1ccc(-c2ccccc2)cc1. The Balaban J connectivity index is 1.82. The Labute approximate surface area is 119 Å². The molecular weight excluding hydrogens is 244 g/mol. The van der Waals surface area contributed by atoms with Crippen LogP contribution in [0.25, 0.3) is 11.1 Å². The van der Waals surface area contributed by atoms with Crippen LogP contribution in [0.1, 0.15) is 11.1 Å². The minimum absolute atomic E-state index is 0.361. The minimum atomic E-state index is 0.361. The van der Waals surface area contributed by atoms with Gasteiger partial charge in [0.2, 0.25) is 0 Å². The van der Waals surface area contributed by atoms with Gasteiger partial charge < -0.3 is 5.11 Å². The Hall–Kier alpha value is -2.54. The molecule has 0 fully saturated rings. The summed E-state index contributed by atoms with van der Waals surface area (Å²) >= 11 is 0. The van der Waals surface area contributed by atoms with Gasteiger partial charge in [-0.05, 0) is 28.3 Å². The molecule has 0 aliphatic rings. The number of phenols is 1. The molecule has 0 radical (unpaired) electrons. The van der Waals surface area contributed by atoms with E-state index in [1.54, 1.807) is 6.07 Å². The van der Waals surface area contributed by atoms with Gasteiger partial charge in [0.25, 0.3) is 0 Å². The third kappa shape index (κ3) is 2.72. The van der Waals surface area contributed by atoms with Crippen molar-refractivity contribution in [3.8, 4) is 16.9 Å². The number of hydrogen-bond acceptors (Lipinski definition) is 1. The van der Waals surface area contributed by atoms with Crippen molar-refractivity contribution in [3.05, 3.63) is 90.0 Å². The predicted octanol–water partition coefficient (Wildman–Crippen LogP) is 4.65. The fourth-order valence-corrected chi connectivity index (χ4v) is 2.33. The molecule has 1 N–H and O–H groups in total. The van der Waals surface area contributed by atoms with Crippen molar-refractivity contribution in [1.29, 1.82) is 0 Å². The fraction of sp³-hybridized carbons (Fsp3) is 0.0526. The molecule has 0 saturated carbocycles. The predicted molar refractivity (Wildman–Crippen MR) is 82.8 cm³/mol. The van der Waals surface area contributed by atoms with Crippen molar-refractivity contribution in [2.24, 2.45) is 0 Å². The first-order chi connectivity index (χ1) is 9.83. The Morgan fingerprint density at radius 1 is 0.600 bits per heavy atom. The lowest BCUT2D eigenvalue weighted by Gasteiger charge is -2.06. The summed E-state index contributed by atoms with van der Waals surface area (Å²) in [5, 5.41) is 9.80. The monoisotopic (exact) mass is 260 g/mol. The normalized spacial score (nSPS) is 10.4. The van der Waals surface area contributed by atoms with E-state index in [4.69, 9.17) is 0 Å². The van der Waals surface area contributed by atoms with Gasteiger partial charge in [-0.25, -0.2) is 0 Å². The summed E-state index contributed by atoms with van der Waals surface area (Å²) in [5.41, 5.74) is 4.60. The van der Waals surface area contributed by atoms with Crippen LogP contribution in [0.2, 0.25) is 0 Å². The molecule has 0 aromatic heterocycles. The van der Waals surface area contributed by atoms with Crippen LogP contribution in [-0.4, -0.2) is 5.11 Å². The van der Waals surface area contributed by atoms with Gasteiger partial charge >= 0.3 is 0 Å². The average molecular weight is 260 g/mol. The summed E-state index contributed by atoms with van der Waals surface area (Å²) < 4.78 is 0. The van der Waals surface area contributed by atoms with Crippen LogP contribution < -0.4 is 0 Å². The van der Waals surface area contributed by atoms with E-state index in [-0.39, 0.29) is 0 Å². The van der Waals surface area contributed by atoms with Crippen molar-refractivity contribution in [2.75, 3.05) is 0 Å². The summed E-state index contributed by atoms with van der Waals surface area (Å²) in [5.74, 6) is 0.361. The van der Waals surface area contributed by atoms with E-state index in [0.717, 1.165) is 12.0 Å². The molecule has 3 aromatic rings. The first kappa shape index (κ1) is 12.5. The topological polar surface area (TPSA) is 20.2 Å². The molecule has 0 heterocycles. The molecule has 0 amide bonds. The Bertz CT molecular complexity index is 684. The summed E-state index contributed by atoms with van der Waals surface area (Å²) in [6, 6.07) is 26.3. The van der Waals surface area contributed by atoms with Gasteiger partial charge in [0, 0.05) is 6.42 Å². The molecule has 0 saturated heterocycles. The molecule has 0 spiro atoms. The average Bonchev–Trinajstić information content (AvgIpc) is 2.51. The minimum Gasteiger partial charge on any atom is -0.508 e. The molecule has 1 heteroatoms. The Morgan fingerprint density at radius 3 is 1.90 bits per heavy atom. The van der Waals surface area contributed by atoms with Crippen LogP contribution in [0.5, 0.6) is 5.75 Å². The maximum Gasteiger partial charge on any atom is 0.119 e. The number of phenolic OH excluding ortho intramolecular Hbond substituents is 1. The highest BCUT2D eigenvalue weighted by Crippen LogP contribution is 2.23. The van der Waals surface area contributed by atoms with Crippen LogP contribution in [0, 0.1) is 0 Å². The molecule has 0 atom stereocenters. The van der Waals surface area contributed by atoms with Crippen LogP contribution in [-0.2, 0) is 6.42 Å². The van der Waals surface area contributed by atoms with Gasteiger partial charge in [0.15, 0.2) is 0 Å². The van der Waals surface area contributed by atoms with E-state index < -0.39 is 0 Å². The standard InChI is InChI=1S/C19H16O/c20-19-9-5-4-8-18(19)14-15-10-12-17(13-11-15)16-6-2-1-3-7-16/h1-13,20H,14H2. The lowest BCUT2D eigenvalue weighted by molar-refractivity contribution is 0.469.